The molecule has 1 aliphatic heterocycles. The fourth-order valence-electron chi connectivity index (χ4n) is 2.78. The van der Waals surface area contributed by atoms with Crippen molar-refractivity contribution in [2.45, 2.75) is 39.2 Å². The van der Waals surface area contributed by atoms with Gasteiger partial charge >= 0.3 is 0 Å². The fourth-order valence-corrected chi connectivity index (χ4v) is 2.78. The minimum absolute atomic E-state index is 0.0220. The highest BCUT2D eigenvalue weighted by molar-refractivity contribution is 5.86. The minimum atomic E-state index is -0.762. The third-order valence-electron chi connectivity index (χ3n) is 4.36. The molecule has 2 aromatic carbocycles. The van der Waals surface area contributed by atoms with E-state index in [9.17, 15) is 4.79 Å². The van der Waals surface area contributed by atoms with Crippen molar-refractivity contribution in [2.75, 3.05) is 13.2 Å². The Kier molecular flexibility index (Phi) is 5.87. The third kappa shape index (κ3) is 4.63. The van der Waals surface area contributed by atoms with Gasteiger partial charge < -0.3 is 14.2 Å². The van der Waals surface area contributed by atoms with E-state index < -0.39 is 6.10 Å². The summed E-state index contributed by atoms with van der Waals surface area (Å²) in [5, 5.41) is 4.03. The number of hydrogen-bond donors (Lipinski definition) is 1. The molecule has 0 saturated heterocycles. The largest absolute Gasteiger partial charge is 0.493 e. The van der Waals surface area contributed by atoms with Gasteiger partial charge in [-0.05, 0) is 42.2 Å². The zero-order valence-corrected chi connectivity index (χ0v) is 16.7. The smallest absolute Gasteiger partial charge is 0.284 e. The topological polar surface area (TPSA) is 69.2 Å². The molecule has 28 heavy (non-hydrogen) atoms. The number of nitrogens with one attached hydrogen (secondary N) is 1. The number of nitrogens with zero attached hydrogens (tertiary/aromatic N) is 1. The highest BCUT2D eigenvalue weighted by Crippen LogP contribution is 2.36. The second kappa shape index (κ2) is 8.33. The van der Waals surface area contributed by atoms with Gasteiger partial charge in [0.25, 0.3) is 5.91 Å². The molecule has 6 heteroatoms. The molecule has 6 nitrogen and oxygen atoms in total. The molecule has 1 heterocycles. The monoisotopic (exact) mass is 382 g/mol. The van der Waals surface area contributed by atoms with Crippen LogP contribution in [-0.4, -0.2) is 31.4 Å². The van der Waals surface area contributed by atoms with Gasteiger partial charge in [0.05, 0.1) is 12.8 Å². The molecule has 1 atom stereocenters. The van der Waals surface area contributed by atoms with Crippen LogP contribution >= 0.6 is 0 Å². The molecule has 0 bridgehead atoms. The first-order valence-corrected chi connectivity index (χ1v) is 9.37. The quantitative estimate of drug-likeness (QED) is 0.633. The third-order valence-corrected chi connectivity index (χ3v) is 4.36. The van der Waals surface area contributed by atoms with Gasteiger partial charge in [-0.15, -0.1) is 0 Å². The number of ether oxygens (including phenoxy) is 3. The van der Waals surface area contributed by atoms with Crippen molar-refractivity contribution in [3.63, 3.8) is 0 Å². The van der Waals surface area contributed by atoms with Crippen molar-refractivity contribution in [2.24, 2.45) is 5.10 Å². The summed E-state index contributed by atoms with van der Waals surface area (Å²) in [5.41, 5.74) is 4.39. The highest BCUT2D eigenvalue weighted by Gasteiger charge is 2.28. The first kappa shape index (κ1) is 19.7. The Morgan fingerprint density at radius 1 is 1.25 bits per heavy atom. The van der Waals surface area contributed by atoms with Gasteiger partial charge in [-0.3, -0.25) is 4.79 Å². The van der Waals surface area contributed by atoms with Crippen LogP contribution in [-0.2, 0) is 10.2 Å². The summed E-state index contributed by atoms with van der Waals surface area (Å²) in [6.07, 6.45) is 0.792. The van der Waals surface area contributed by atoms with E-state index in [-0.39, 0.29) is 17.9 Å². The zero-order valence-electron chi connectivity index (χ0n) is 16.7. The summed E-state index contributed by atoms with van der Waals surface area (Å²) in [6.45, 7) is 8.98. The second-order valence-electron chi connectivity index (χ2n) is 7.53. The van der Waals surface area contributed by atoms with Crippen molar-refractivity contribution < 1.29 is 19.0 Å². The van der Waals surface area contributed by atoms with Gasteiger partial charge in [-0.1, -0.05) is 39.0 Å². The number of para-hydroxylation sites is 1. The van der Waals surface area contributed by atoms with Crippen LogP contribution in [0.2, 0.25) is 0 Å². The van der Waals surface area contributed by atoms with Gasteiger partial charge in [0, 0.05) is 5.56 Å². The van der Waals surface area contributed by atoms with Crippen molar-refractivity contribution in [1.29, 1.82) is 0 Å². The molecule has 3 rings (SSSR count). The van der Waals surface area contributed by atoms with E-state index in [2.05, 4.69) is 31.3 Å². The number of rotatable bonds is 5. The summed E-state index contributed by atoms with van der Waals surface area (Å²) < 4.78 is 17.1. The number of fused-ring (bicyclic) bond motifs is 1. The molecule has 0 aromatic heterocycles. The van der Waals surface area contributed by atoms with Crippen LogP contribution in [0.4, 0.5) is 0 Å². The van der Waals surface area contributed by atoms with Crippen molar-refractivity contribution >= 4 is 12.1 Å². The maximum absolute atomic E-state index is 12.4. The molecule has 0 radical (unpaired) electrons. The predicted octanol–water partition coefficient (Wildman–Crippen LogP) is 3.67. The maximum Gasteiger partial charge on any atom is 0.284 e. The first-order valence-electron chi connectivity index (χ1n) is 9.37. The van der Waals surface area contributed by atoms with E-state index in [0.29, 0.717) is 23.9 Å². The van der Waals surface area contributed by atoms with E-state index >= 15 is 0 Å². The summed E-state index contributed by atoms with van der Waals surface area (Å²) >= 11 is 0. The normalized spacial score (nSPS) is 16.1. The number of hydrogen-bond acceptors (Lipinski definition) is 5. The van der Waals surface area contributed by atoms with E-state index in [4.69, 9.17) is 14.2 Å². The Labute approximate surface area is 165 Å². The molecule has 1 N–H and O–H groups in total. The molecular formula is C22H26N2O4. The Morgan fingerprint density at radius 2 is 2.04 bits per heavy atom. The predicted molar refractivity (Wildman–Crippen MR) is 108 cm³/mol. The van der Waals surface area contributed by atoms with Gasteiger partial charge in [-0.25, -0.2) is 5.43 Å². The molecule has 2 aromatic rings. The number of carbonyl (C=O) groups is 1. The van der Waals surface area contributed by atoms with Crippen LogP contribution in [0.5, 0.6) is 17.2 Å². The molecule has 0 aliphatic carbocycles. The summed E-state index contributed by atoms with van der Waals surface area (Å²) in [4.78, 5) is 12.4. The molecule has 0 saturated carbocycles. The number of benzene rings is 2. The Morgan fingerprint density at radius 3 is 2.79 bits per heavy atom. The van der Waals surface area contributed by atoms with Crippen molar-refractivity contribution in [3.05, 3.63) is 53.6 Å². The number of carbonyl (C=O) groups excluding carboxylic acids is 1. The lowest BCUT2D eigenvalue weighted by Crippen LogP contribution is -2.42. The molecule has 1 amide bonds. The van der Waals surface area contributed by atoms with Crippen LogP contribution in [0.3, 0.4) is 0 Å². The second-order valence-corrected chi connectivity index (χ2v) is 7.53. The number of amides is 1. The van der Waals surface area contributed by atoms with Crippen molar-refractivity contribution in [3.8, 4) is 17.2 Å². The van der Waals surface area contributed by atoms with E-state index in [1.807, 2.05) is 49.4 Å². The SMILES string of the molecule is CCOc1ccccc1C=NNC(=O)C1COc2ccc(C(C)(C)C)cc2O1. The average molecular weight is 382 g/mol. The Balaban J connectivity index is 1.65. The minimum Gasteiger partial charge on any atom is -0.493 e. The maximum atomic E-state index is 12.4. The van der Waals surface area contributed by atoms with Crippen LogP contribution in [0, 0.1) is 0 Å². The average Bonchev–Trinajstić information content (AvgIpc) is 2.68. The molecule has 1 unspecified atom stereocenters. The Bertz CT molecular complexity index is 871. The van der Waals surface area contributed by atoms with Crippen molar-refractivity contribution in [1.82, 2.24) is 5.43 Å². The van der Waals surface area contributed by atoms with Crippen LogP contribution in [0.15, 0.2) is 47.6 Å². The number of hydrazone groups is 1. The van der Waals surface area contributed by atoms with Gasteiger partial charge in [0.15, 0.2) is 11.5 Å². The van der Waals surface area contributed by atoms with Gasteiger partial charge in [0.2, 0.25) is 6.10 Å². The fraction of sp³-hybridized carbons (Fsp3) is 0.364. The molecule has 0 fully saturated rings. The Hall–Kier alpha value is -3.02. The van der Waals surface area contributed by atoms with Crippen LogP contribution < -0.4 is 19.6 Å². The van der Waals surface area contributed by atoms with E-state index in [1.165, 1.54) is 0 Å². The van der Waals surface area contributed by atoms with Gasteiger partial charge in [-0.2, -0.15) is 5.10 Å². The highest BCUT2D eigenvalue weighted by atomic mass is 16.6. The van der Waals surface area contributed by atoms with Gasteiger partial charge in [0.1, 0.15) is 12.4 Å². The molecular weight excluding hydrogens is 356 g/mol. The molecule has 1 aliphatic rings. The summed E-state index contributed by atoms with van der Waals surface area (Å²) in [6, 6.07) is 13.3. The molecule has 0 spiro atoms. The lowest BCUT2D eigenvalue weighted by Gasteiger charge is -2.27. The lowest BCUT2D eigenvalue weighted by atomic mass is 9.87. The van der Waals surface area contributed by atoms with Crippen LogP contribution in [0.25, 0.3) is 0 Å². The lowest BCUT2D eigenvalue weighted by molar-refractivity contribution is -0.130. The van der Waals surface area contributed by atoms with E-state index in [1.54, 1.807) is 6.21 Å². The van der Waals surface area contributed by atoms with E-state index in [0.717, 1.165) is 11.1 Å². The first-order chi connectivity index (χ1) is 13.4. The summed E-state index contributed by atoms with van der Waals surface area (Å²) in [7, 11) is 0. The molecule has 148 valence electrons. The standard InChI is InChI=1S/C22H26N2O4/c1-5-26-17-9-7-6-8-15(17)13-23-24-21(25)20-14-27-18-11-10-16(22(2,3)4)12-19(18)28-20/h6-13,20H,5,14H2,1-4H3,(H,24,25). The summed E-state index contributed by atoms with van der Waals surface area (Å²) in [5.74, 6) is 1.57. The zero-order chi connectivity index (χ0) is 20.1. The van der Waals surface area contributed by atoms with Crippen LogP contribution in [0.1, 0.15) is 38.8 Å².